The standard InChI is InChI=1S/C32H56N10O8P2/c1-29(2)17-39(29)51(47,40-18-30(40,3)4)35-27(45)49-15-13-33-21-23(37(9)10)26(44)22(24(25(21)43)38(11)12)34-14-16-50-28(46)36-52(48,41-19-31(41,5)6)42-20-32(42,7)8/h33-34H,13-20H2,1-12H3,(H,35,45,47)(H,36,46,48). The van der Waals surface area contributed by atoms with Gasteiger partial charge >= 0.3 is 27.4 Å². The summed E-state index contributed by atoms with van der Waals surface area (Å²) in [6.45, 7) is 17.6. The Morgan fingerprint density at radius 2 is 0.846 bits per heavy atom. The quantitative estimate of drug-likeness (QED) is 0.0771. The summed E-state index contributed by atoms with van der Waals surface area (Å²) in [7, 11) is -0.241. The zero-order chi connectivity index (χ0) is 39.0. The molecular weight excluding hydrogens is 714 g/mol. The molecule has 18 nitrogen and oxygen atoms in total. The molecule has 4 aliphatic heterocycles. The monoisotopic (exact) mass is 770 g/mol. The summed E-state index contributed by atoms with van der Waals surface area (Å²) in [6, 6.07) is 0. The number of carbonyl (C=O) groups excluding carboxylic acids is 4. The normalized spacial score (nSPS) is 29.5. The van der Waals surface area contributed by atoms with E-state index in [1.54, 1.807) is 46.9 Å². The minimum atomic E-state index is -3.38. The molecule has 5 rings (SSSR count). The van der Waals surface area contributed by atoms with Crippen molar-refractivity contribution in [2.24, 2.45) is 0 Å². The number of likely N-dealkylation sites (N-methyl/N-ethyl adjacent to an activating group) is 2. The number of Topliss-reactive ketones (excluding diaryl/α,β-unsaturated/α-hetero) is 2. The third kappa shape index (κ3) is 7.74. The summed E-state index contributed by atoms with van der Waals surface area (Å²) < 4.78 is 45.7. The highest BCUT2D eigenvalue weighted by molar-refractivity contribution is 7.58. The van der Waals surface area contributed by atoms with Crippen LogP contribution in [0.25, 0.3) is 0 Å². The highest BCUT2D eigenvalue weighted by Gasteiger charge is 2.66. The third-order valence-corrected chi connectivity index (χ3v) is 16.1. The van der Waals surface area contributed by atoms with E-state index in [-0.39, 0.29) is 71.2 Å². The maximum absolute atomic E-state index is 13.9. The van der Waals surface area contributed by atoms with Crippen LogP contribution in [0.15, 0.2) is 22.8 Å². The fourth-order valence-electron chi connectivity index (χ4n) is 6.48. The third-order valence-electron chi connectivity index (χ3n) is 9.84. The topological polar surface area (TPSA) is 188 Å². The fourth-order valence-corrected chi connectivity index (χ4v) is 13.2. The van der Waals surface area contributed by atoms with E-state index in [1.165, 1.54) is 9.80 Å². The largest absolute Gasteiger partial charge is 0.447 e. The van der Waals surface area contributed by atoms with Gasteiger partial charge in [0.1, 0.15) is 36.0 Å². The zero-order valence-electron chi connectivity index (χ0n) is 32.5. The zero-order valence-corrected chi connectivity index (χ0v) is 34.3. The molecule has 4 saturated heterocycles. The number of amides is 2. The smallest absolute Gasteiger partial charge is 0.414 e. The summed E-state index contributed by atoms with van der Waals surface area (Å²) in [5.74, 6) is -0.946. The Hall–Kier alpha value is -3.14. The maximum atomic E-state index is 13.9. The molecule has 2 amide bonds. The first-order chi connectivity index (χ1) is 23.8. The van der Waals surface area contributed by atoms with Crippen LogP contribution in [0.1, 0.15) is 55.4 Å². The van der Waals surface area contributed by atoms with Crippen LogP contribution in [0.4, 0.5) is 9.59 Å². The molecule has 1 aliphatic carbocycles. The van der Waals surface area contributed by atoms with Gasteiger partial charge in [-0.2, -0.15) is 0 Å². The van der Waals surface area contributed by atoms with E-state index in [0.717, 1.165) is 0 Å². The van der Waals surface area contributed by atoms with Crippen molar-refractivity contribution in [2.75, 3.05) is 80.7 Å². The highest BCUT2D eigenvalue weighted by atomic mass is 31.2. The predicted octanol–water partition coefficient (Wildman–Crippen LogP) is 1.91. The molecule has 4 N–H and O–H groups in total. The molecule has 5 aliphatic rings. The van der Waals surface area contributed by atoms with Crippen LogP contribution in [0.3, 0.4) is 0 Å². The molecule has 4 fully saturated rings. The van der Waals surface area contributed by atoms with Gasteiger partial charge in [0.15, 0.2) is 0 Å². The minimum absolute atomic E-state index is 0.00662. The second-order valence-corrected chi connectivity index (χ2v) is 21.4. The van der Waals surface area contributed by atoms with Crippen molar-refractivity contribution < 1.29 is 37.8 Å². The molecule has 52 heavy (non-hydrogen) atoms. The van der Waals surface area contributed by atoms with Gasteiger partial charge in [-0.1, -0.05) is 0 Å². The lowest BCUT2D eigenvalue weighted by molar-refractivity contribution is -0.119. The van der Waals surface area contributed by atoms with Gasteiger partial charge in [-0.3, -0.25) is 18.7 Å². The van der Waals surface area contributed by atoms with Gasteiger partial charge in [0.25, 0.3) is 0 Å². The van der Waals surface area contributed by atoms with E-state index >= 15 is 0 Å². The number of hydrogen-bond acceptors (Lipinski definition) is 12. The molecule has 0 radical (unpaired) electrons. The van der Waals surface area contributed by atoms with Crippen LogP contribution >= 0.6 is 15.2 Å². The number of ketones is 2. The highest BCUT2D eigenvalue weighted by Crippen LogP contribution is 2.68. The molecule has 4 atom stereocenters. The van der Waals surface area contributed by atoms with E-state index < -0.39 is 38.9 Å². The second kappa shape index (κ2) is 13.3. The molecule has 0 bridgehead atoms. The van der Waals surface area contributed by atoms with Gasteiger partial charge < -0.3 is 29.9 Å². The van der Waals surface area contributed by atoms with Gasteiger partial charge in [0.05, 0.1) is 0 Å². The minimum Gasteiger partial charge on any atom is -0.447 e. The Labute approximate surface area is 306 Å². The Bertz CT molecular complexity index is 1530. The van der Waals surface area contributed by atoms with Crippen molar-refractivity contribution in [1.82, 2.24) is 49.3 Å². The van der Waals surface area contributed by atoms with Crippen molar-refractivity contribution in [3.63, 3.8) is 0 Å². The summed E-state index contributed by atoms with van der Waals surface area (Å²) in [5.41, 5.74) is -0.992. The van der Waals surface area contributed by atoms with Crippen molar-refractivity contribution >= 4 is 38.9 Å². The maximum Gasteiger partial charge on any atom is 0.414 e. The van der Waals surface area contributed by atoms with Crippen molar-refractivity contribution in [3.8, 4) is 0 Å². The summed E-state index contributed by atoms with van der Waals surface area (Å²) in [5, 5.41) is 11.1. The molecule has 0 saturated carbocycles. The molecule has 4 heterocycles. The molecule has 20 heteroatoms. The van der Waals surface area contributed by atoms with Gasteiger partial charge in [-0.25, -0.2) is 38.4 Å². The molecule has 0 aromatic heterocycles. The number of hydrogen-bond donors (Lipinski definition) is 4. The van der Waals surface area contributed by atoms with Crippen LogP contribution in [0, 0.1) is 0 Å². The molecule has 0 aromatic rings. The first-order valence-electron chi connectivity index (χ1n) is 17.4. The van der Waals surface area contributed by atoms with E-state index in [2.05, 4.69) is 20.8 Å². The number of ether oxygens (including phenoxy) is 2. The van der Waals surface area contributed by atoms with E-state index in [4.69, 9.17) is 9.47 Å². The number of carbonyl (C=O) groups is 4. The SMILES string of the molecule is CN(C)C1=C(NCCOC(=O)NP(=O)(N2CC2(C)C)N2CC2(C)C)C(=O)C(N(C)C)=C(NCCOC(=O)NP(=O)(N2CC2(C)C)N2CC2(C)C)C1=O. The summed E-state index contributed by atoms with van der Waals surface area (Å²) in [4.78, 5) is 56.3. The van der Waals surface area contributed by atoms with E-state index in [0.29, 0.717) is 26.2 Å². The predicted molar refractivity (Wildman–Crippen MR) is 195 cm³/mol. The van der Waals surface area contributed by atoms with Crippen molar-refractivity contribution in [2.45, 2.75) is 77.5 Å². The first-order valence-corrected chi connectivity index (χ1v) is 20.7. The molecule has 4 unspecified atom stereocenters. The number of rotatable bonds is 16. The van der Waals surface area contributed by atoms with Crippen LogP contribution in [0.2, 0.25) is 0 Å². The Kier molecular flexibility index (Phi) is 10.3. The first kappa shape index (κ1) is 40.1. The Morgan fingerprint density at radius 3 is 1.06 bits per heavy atom. The molecular formula is C32H56N10O8P2. The summed E-state index contributed by atoms with van der Waals surface area (Å²) >= 11 is 0. The molecule has 292 valence electrons. The Balaban J connectivity index is 1.16. The van der Waals surface area contributed by atoms with Crippen LogP contribution in [-0.2, 0) is 28.2 Å². The lowest BCUT2D eigenvalue weighted by Crippen LogP contribution is -2.44. The van der Waals surface area contributed by atoms with E-state index in [9.17, 15) is 28.3 Å². The number of nitrogens with zero attached hydrogens (tertiary/aromatic N) is 6. The lowest BCUT2D eigenvalue weighted by Gasteiger charge is -2.31. The van der Waals surface area contributed by atoms with Gasteiger partial charge in [-0.15, -0.1) is 0 Å². The second-order valence-electron chi connectivity index (χ2n) is 16.8. The van der Waals surface area contributed by atoms with Crippen LogP contribution in [-0.4, -0.2) is 155 Å². The molecule has 0 spiro atoms. The van der Waals surface area contributed by atoms with E-state index in [1.807, 2.05) is 55.4 Å². The number of nitrogens with one attached hydrogen (secondary N) is 4. The lowest BCUT2D eigenvalue weighted by atomic mass is 9.97. The average Bonchev–Trinajstić information content (AvgIpc) is 3.95. The fraction of sp³-hybridized carbons (Fsp3) is 0.750. The Morgan fingerprint density at radius 1 is 0.596 bits per heavy atom. The van der Waals surface area contributed by atoms with Crippen LogP contribution in [0.5, 0.6) is 0 Å². The van der Waals surface area contributed by atoms with Gasteiger partial charge in [0, 0.05) is 89.6 Å². The van der Waals surface area contributed by atoms with Gasteiger partial charge in [-0.05, 0) is 55.4 Å². The van der Waals surface area contributed by atoms with Crippen molar-refractivity contribution in [3.05, 3.63) is 22.8 Å². The van der Waals surface area contributed by atoms with Crippen LogP contribution < -0.4 is 20.8 Å². The summed E-state index contributed by atoms with van der Waals surface area (Å²) in [6.07, 6.45) is -1.68. The average molecular weight is 771 g/mol. The van der Waals surface area contributed by atoms with Gasteiger partial charge in [0.2, 0.25) is 11.6 Å². The molecule has 0 aromatic carbocycles. The van der Waals surface area contributed by atoms with Crippen molar-refractivity contribution in [1.29, 1.82) is 0 Å².